The first-order valence-electron chi connectivity index (χ1n) is 5.29. The number of likely N-dealkylation sites (N-methyl/N-ethyl adjacent to an activating group) is 1. The van der Waals surface area contributed by atoms with Crippen LogP contribution in [0.25, 0.3) is 0 Å². The Morgan fingerprint density at radius 1 is 1.47 bits per heavy atom. The molecule has 0 bridgehead atoms. The molecule has 0 aliphatic rings. The molecular formula is C11H14Br2N2O2. The van der Waals surface area contributed by atoms with E-state index in [0.29, 0.717) is 23.3 Å². The lowest BCUT2D eigenvalue weighted by molar-refractivity contribution is -0.143. The Morgan fingerprint density at radius 3 is 2.47 bits per heavy atom. The minimum atomic E-state index is -0.885. The SMILES string of the molecule is CCN(CC)C(C(=O)O)c1ncc(Br)cc1Br. The lowest BCUT2D eigenvalue weighted by Crippen LogP contribution is -2.34. The van der Waals surface area contributed by atoms with E-state index in [1.54, 1.807) is 6.20 Å². The molecule has 1 aromatic rings. The third-order valence-corrected chi connectivity index (χ3v) is 3.58. The Balaban J connectivity index is 3.18. The number of pyridine rings is 1. The summed E-state index contributed by atoms with van der Waals surface area (Å²) in [6.07, 6.45) is 1.61. The maximum Gasteiger partial charge on any atom is 0.327 e. The van der Waals surface area contributed by atoms with Crippen molar-refractivity contribution >= 4 is 37.8 Å². The molecule has 0 aliphatic heterocycles. The standard InChI is InChI=1S/C11H14Br2N2O2/c1-3-15(4-2)10(11(16)17)9-8(13)5-7(12)6-14-9/h5-6,10H,3-4H2,1-2H3,(H,16,17). The number of nitrogens with zero attached hydrogens (tertiary/aromatic N) is 2. The molecule has 94 valence electrons. The van der Waals surface area contributed by atoms with Crippen LogP contribution >= 0.6 is 31.9 Å². The molecule has 0 radical (unpaired) electrons. The zero-order valence-electron chi connectivity index (χ0n) is 9.65. The average molecular weight is 366 g/mol. The van der Waals surface area contributed by atoms with Crippen LogP contribution in [0.15, 0.2) is 21.2 Å². The van der Waals surface area contributed by atoms with Crippen molar-refractivity contribution in [2.24, 2.45) is 0 Å². The minimum absolute atomic E-state index is 0.532. The van der Waals surface area contributed by atoms with Gasteiger partial charge < -0.3 is 5.11 Å². The number of rotatable bonds is 5. The van der Waals surface area contributed by atoms with E-state index in [9.17, 15) is 9.90 Å². The van der Waals surface area contributed by atoms with Gasteiger partial charge in [0.2, 0.25) is 0 Å². The van der Waals surface area contributed by atoms with Gasteiger partial charge in [0.15, 0.2) is 6.04 Å². The fourth-order valence-corrected chi connectivity index (χ4v) is 2.87. The molecule has 1 atom stereocenters. The van der Waals surface area contributed by atoms with E-state index in [4.69, 9.17) is 0 Å². The summed E-state index contributed by atoms with van der Waals surface area (Å²) in [5.74, 6) is -0.885. The summed E-state index contributed by atoms with van der Waals surface area (Å²) in [4.78, 5) is 17.4. The summed E-state index contributed by atoms with van der Waals surface area (Å²) >= 11 is 6.66. The second kappa shape index (κ2) is 6.47. The Kier molecular flexibility index (Phi) is 5.55. The van der Waals surface area contributed by atoms with Crippen LogP contribution in [-0.4, -0.2) is 34.0 Å². The smallest absolute Gasteiger partial charge is 0.327 e. The van der Waals surface area contributed by atoms with E-state index in [-0.39, 0.29) is 0 Å². The van der Waals surface area contributed by atoms with Gasteiger partial charge in [-0.2, -0.15) is 0 Å². The number of halogens is 2. The van der Waals surface area contributed by atoms with Crippen LogP contribution in [-0.2, 0) is 4.79 Å². The van der Waals surface area contributed by atoms with Crippen molar-refractivity contribution in [3.63, 3.8) is 0 Å². The van der Waals surface area contributed by atoms with E-state index >= 15 is 0 Å². The second-order valence-electron chi connectivity index (χ2n) is 3.48. The van der Waals surface area contributed by atoms with Crippen LogP contribution in [0.5, 0.6) is 0 Å². The van der Waals surface area contributed by atoms with Crippen LogP contribution in [0.4, 0.5) is 0 Å². The van der Waals surface area contributed by atoms with Gasteiger partial charge in [-0.25, -0.2) is 0 Å². The molecule has 0 aliphatic carbocycles. The van der Waals surface area contributed by atoms with Crippen LogP contribution in [0.1, 0.15) is 25.6 Å². The van der Waals surface area contributed by atoms with Crippen LogP contribution in [0, 0.1) is 0 Å². The molecule has 1 unspecified atom stereocenters. The maximum atomic E-state index is 11.4. The molecule has 6 heteroatoms. The van der Waals surface area contributed by atoms with Gasteiger partial charge in [-0.15, -0.1) is 0 Å². The number of carboxylic acid groups (broad SMARTS) is 1. The Labute approximate surface area is 117 Å². The quantitative estimate of drug-likeness (QED) is 0.871. The fourth-order valence-electron chi connectivity index (χ4n) is 1.66. The van der Waals surface area contributed by atoms with E-state index in [0.717, 1.165) is 4.47 Å². The zero-order valence-corrected chi connectivity index (χ0v) is 12.8. The molecule has 1 aromatic heterocycles. The molecule has 17 heavy (non-hydrogen) atoms. The Hall–Kier alpha value is -0.460. The molecule has 0 spiro atoms. The predicted molar refractivity (Wildman–Crippen MR) is 72.9 cm³/mol. The largest absolute Gasteiger partial charge is 0.480 e. The van der Waals surface area contributed by atoms with Gasteiger partial charge in [-0.1, -0.05) is 13.8 Å². The Bertz CT molecular complexity index is 408. The molecule has 1 rings (SSSR count). The van der Waals surface area contributed by atoms with Gasteiger partial charge in [-0.05, 0) is 51.0 Å². The lowest BCUT2D eigenvalue weighted by Gasteiger charge is -2.26. The first-order valence-corrected chi connectivity index (χ1v) is 6.87. The number of hydrogen-bond acceptors (Lipinski definition) is 3. The van der Waals surface area contributed by atoms with Crippen LogP contribution in [0.2, 0.25) is 0 Å². The van der Waals surface area contributed by atoms with Crippen molar-refractivity contribution in [3.05, 3.63) is 26.9 Å². The number of carboxylic acids is 1. The summed E-state index contributed by atoms with van der Waals surface area (Å²) in [5, 5.41) is 9.34. The van der Waals surface area contributed by atoms with Gasteiger partial charge in [0.25, 0.3) is 0 Å². The summed E-state index contributed by atoms with van der Waals surface area (Å²) in [5.41, 5.74) is 0.532. The summed E-state index contributed by atoms with van der Waals surface area (Å²) in [6, 6.07) is 1.09. The zero-order chi connectivity index (χ0) is 13.0. The van der Waals surface area contributed by atoms with Crippen molar-refractivity contribution in [1.29, 1.82) is 0 Å². The molecule has 0 saturated carbocycles. The highest BCUT2D eigenvalue weighted by Gasteiger charge is 2.28. The van der Waals surface area contributed by atoms with Crippen molar-refractivity contribution < 1.29 is 9.90 Å². The van der Waals surface area contributed by atoms with E-state index in [2.05, 4.69) is 36.8 Å². The highest BCUT2D eigenvalue weighted by Crippen LogP contribution is 2.28. The first-order chi connectivity index (χ1) is 8.01. The molecule has 0 fully saturated rings. The molecule has 4 nitrogen and oxygen atoms in total. The molecule has 0 aromatic carbocycles. The van der Waals surface area contributed by atoms with E-state index in [1.807, 2.05) is 24.8 Å². The number of aromatic nitrogens is 1. The van der Waals surface area contributed by atoms with Crippen LogP contribution in [0.3, 0.4) is 0 Å². The van der Waals surface area contributed by atoms with Gasteiger partial charge in [-0.3, -0.25) is 14.7 Å². The molecule has 0 saturated heterocycles. The molecular weight excluding hydrogens is 352 g/mol. The third kappa shape index (κ3) is 3.50. The lowest BCUT2D eigenvalue weighted by atomic mass is 10.1. The van der Waals surface area contributed by atoms with Crippen molar-refractivity contribution in [2.45, 2.75) is 19.9 Å². The van der Waals surface area contributed by atoms with Crippen molar-refractivity contribution in [1.82, 2.24) is 9.88 Å². The van der Waals surface area contributed by atoms with Crippen molar-refractivity contribution in [2.75, 3.05) is 13.1 Å². The number of hydrogen-bond donors (Lipinski definition) is 1. The van der Waals surface area contributed by atoms with Gasteiger partial charge in [0.1, 0.15) is 0 Å². The van der Waals surface area contributed by atoms with E-state index < -0.39 is 12.0 Å². The molecule has 1 N–H and O–H groups in total. The number of carbonyl (C=O) groups is 1. The highest BCUT2D eigenvalue weighted by atomic mass is 79.9. The third-order valence-electron chi connectivity index (χ3n) is 2.51. The normalized spacial score (nSPS) is 12.8. The average Bonchev–Trinajstić information content (AvgIpc) is 2.26. The summed E-state index contributed by atoms with van der Waals surface area (Å²) in [7, 11) is 0. The molecule has 0 amide bonds. The monoisotopic (exact) mass is 364 g/mol. The predicted octanol–water partition coefficient (Wildman–Crippen LogP) is 3.07. The Morgan fingerprint density at radius 2 is 2.06 bits per heavy atom. The van der Waals surface area contributed by atoms with Gasteiger partial charge in [0, 0.05) is 15.1 Å². The van der Waals surface area contributed by atoms with Gasteiger partial charge in [0.05, 0.1) is 5.69 Å². The summed E-state index contributed by atoms with van der Waals surface area (Å²) in [6.45, 7) is 5.20. The minimum Gasteiger partial charge on any atom is -0.480 e. The van der Waals surface area contributed by atoms with Gasteiger partial charge >= 0.3 is 5.97 Å². The van der Waals surface area contributed by atoms with E-state index in [1.165, 1.54) is 0 Å². The first kappa shape index (κ1) is 14.6. The molecule has 1 heterocycles. The van der Waals surface area contributed by atoms with Crippen LogP contribution < -0.4 is 0 Å². The second-order valence-corrected chi connectivity index (χ2v) is 5.25. The number of aliphatic carboxylic acids is 1. The fraction of sp³-hybridized carbons (Fsp3) is 0.455. The maximum absolute atomic E-state index is 11.4. The summed E-state index contributed by atoms with van der Waals surface area (Å²) < 4.78 is 1.52. The van der Waals surface area contributed by atoms with Crippen molar-refractivity contribution in [3.8, 4) is 0 Å². The highest BCUT2D eigenvalue weighted by molar-refractivity contribution is 9.11. The topological polar surface area (TPSA) is 53.4 Å².